The summed E-state index contributed by atoms with van der Waals surface area (Å²) in [4.78, 5) is 11.5. The van der Waals surface area contributed by atoms with Crippen molar-refractivity contribution in [3.8, 4) is 0 Å². The van der Waals surface area contributed by atoms with E-state index in [-0.39, 0.29) is 0 Å². The lowest BCUT2D eigenvalue weighted by Gasteiger charge is -2.13. The van der Waals surface area contributed by atoms with Gasteiger partial charge in [-0.05, 0) is 25.1 Å². The van der Waals surface area contributed by atoms with Crippen molar-refractivity contribution in [2.75, 3.05) is 6.61 Å². The fourth-order valence-corrected chi connectivity index (χ4v) is 1.22. The molecule has 18 heavy (non-hydrogen) atoms. The number of nitrogens with one attached hydrogen (secondary N) is 1. The van der Waals surface area contributed by atoms with E-state index in [9.17, 15) is 22.4 Å². The minimum absolute atomic E-state index is 0.397. The summed E-state index contributed by atoms with van der Waals surface area (Å²) in [6.07, 6.45) is -4.65. The van der Waals surface area contributed by atoms with Gasteiger partial charge < -0.3 is 10.4 Å². The van der Waals surface area contributed by atoms with E-state index in [1.54, 1.807) is 0 Å². The molecule has 0 aliphatic carbocycles. The van der Waals surface area contributed by atoms with Crippen molar-refractivity contribution in [1.82, 2.24) is 5.32 Å². The first kappa shape index (κ1) is 14.4. The number of carbonyl (C=O) groups excluding carboxylic acids is 1. The van der Waals surface area contributed by atoms with Crippen LogP contribution in [0.25, 0.3) is 0 Å². The van der Waals surface area contributed by atoms with Crippen molar-refractivity contribution in [3.05, 3.63) is 35.1 Å². The summed E-state index contributed by atoms with van der Waals surface area (Å²) < 4.78 is 50.5. The van der Waals surface area contributed by atoms with E-state index >= 15 is 0 Å². The molecule has 1 aromatic carbocycles. The zero-order valence-corrected chi connectivity index (χ0v) is 9.38. The van der Waals surface area contributed by atoms with Crippen molar-refractivity contribution in [2.45, 2.75) is 19.1 Å². The maximum absolute atomic E-state index is 13.3. The average molecular weight is 265 g/mol. The quantitative estimate of drug-likeness (QED) is 0.821. The van der Waals surface area contributed by atoms with Gasteiger partial charge in [-0.25, -0.2) is 4.39 Å². The Bertz CT molecular complexity index is 445. The Labute approximate surface area is 100 Å². The van der Waals surface area contributed by atoms with Crippen molar-refractivity contribution in [3.63, 3.8) is 0 Å². The van der Waals surface area contributed by atoms with Gasteiger partial charge in [0.15, 0.2) is 0 Å². The number of hydrogen-bond donors (Lipinski definition) is 2. The lowest BCUT2D eigenvalue weighted by atomic mass is 10.1. The Hall–Kier alpha value is -1.63. The number of amides is 1. The van der Waals surface area contributed by atoms with Gasteiger partial charge >= 0.3 is 6.18 Å². The smallest absolute Gasteiger partial charge is 0.394 e. The number of aliphatic hydroxyl groups excluding tert-OH is 1. The largest absolute Gasteiger partial charge is 0.416 e. The maximum Gasteiger partial charge on any atom is 0.416 e. The van der Waals surface area contributed by atoms with E-state index in [1.807, 2.05) is 0 Å². The van der Waals surface area contributed by atoms with Gasteiger partial charge in [0.05, 0.1) is 17.7 Å². The van der Waals surface area contributed by atoms with Gasteiger partial charge in [0.1, 0.15) is 5.82 Å². The molecule has 100 valence electrons. The summed E-state index contributed by atoms with van der Waals surface area (Å²) in [6.45, 7) is 1.04. The molecule has 0 unspecified atom stereocenters. The lowest BCUT2D eigenvalue weighted by Crippen LogP contribution is -2.35. The Kier molecular flexibility index (Phi) is 4.28. The zero-order chi connectivity index (χ0) is 13.9. The number of benzene rings is 1. The fourth-order valence-electron chi connectivity index (χ4n) is 1.22. The molecule has 3 nitrogen and oxygen atoms in total. The summed E-state index contributed by atoms with van der Waals surface area (Å²) in [7, 11) is 0. The molecular formula is C11H11F4NO2. The Morgan fingerprint density at radius 3 is 2.56 bits per heavy atom. The molecule has 2 N–H and O–H groups in total. The molecule has 0 spiro atoms. The number of hydrogen-bond acceptors (Lipinski definition) is 2. The van der Waals surface area contributed by atoms with Gasteiger partial charge in [0, 0.05) is 6.04 Å². The number of rotatable bonds is 3. The Balaban J connectivity index is 3.04. The molecule has 1 amide bonds. The first-order valence-electron chi connectivity index (χ1n) is 5.04. The standard InChI is InChI=1S/C11H11F4NO2/c1-6(5-17)16-10(18)8-4-7(11(13,14)15)2-3-9(8)12/h2-4,6,17H,5H2,1H3,(H,16,18)/t6-/m0/s1. The third-order valence-corrected chi connectivity index (χ3v) is 2.19. The van der Waals surface area contributed by atoms with Crippen LogP contribution in [0.15, 0.2) is 18.2 Å². The van der Waals surface area contributed by atoms with Crippen molar-refractivity contribution in [2.24, 2.45) is 0 Å². The number of halogens is 4. The van der Waals surface area contributed by atoms with Gasteiger partial charge in [-0.1, -0.05) is 0 Å². The second kappa shape index (κ2) is 5.34. The lowest BCUT2D eigenvalue weighted by molar-refractivity contribution is -0.137. The van der Waals surface area contributed by atoms with Crippen LogP contribution >= 0.6 is 0 Å². The molecule has 7 heteroatoms. The van der Waals surface area contributed by atoms with Crippen LogP contribution in [-0.4, -0.2) is 23.7 Å². The predicted octanol–water partition coefficient (Wildman–Crippen LogP) is 1.96. The molecule has 0 aliphatic heterocycles. The molecule has 0 saturated carbocycles. The monoisotopic (exact) mass is 265 g/mol. The maximum atomic E-state index is 13.3. The molecule has 0 fully saturated rings. The molecule has 0 saturated heterocycles. The fraction of sp³-hybridized carbons (Fsp3) is 0.364. The van der Waals surface area contributed by atoms with E-state index < -0.39 is 41.7 Å². The molecule has 1 rings (SSSR count). The van der Waals surface area contributed by atoms with Crippen LogP contribution in [0.1, 0.15) is 22.8 Å². The number of alkyl halides is 3. The summed E-state index contributed by atoms with van der Waals surface area (Å²) in [5.41, 5.74) is -1.81. The first-order valence-corrected chi connectivity index (χ1v) is 5.04. The minimum Gasteiger partial charge on any atom is -0.394 e. The van der Waals surface area contributed by atoms with Crippen LogP contribution in [0.3, 0.4) is 0 Å². The zero-order valence-electron chi connectivity index (χ0n) is 9.38. The molecule has 0 aliphatic rings. The van der Waals surface area contributed by atoms with Gasteiger partial charge in [-0.2, -0.15) is 13.2 Å². The van der Waals surface area contributed by atoms with Crippen molar-refractivity contribution in [1.29, 1.82) is 0 Å². The summed E-state index contributed by atoms with van der Waals surface area (Å²) in [6, 6.07) is 0.906. The van der Waals surface area contributed by atoms with Gasteiger partial charge in [0.2, 0.25) is 0 Å². The van der Waals surface area contributed by atoms with Crippen LogP contribution in [-0.2, 0) is 6.18 Å². The van der Waals surface area contributed by atoms with Crippen LogP contribution in [0.4, 0.5) is 17.6 Å². The molecule has 0 heterocycles. The van der Waals surface area contributed by atoms with E-state index in [0.29, 0.717) is 18.2 Å². The summed E-state index contributed by atoms with van der Waals surface area (Å²) in [5, 5.41) is 10.9. The van der Waals surface area contributed by atoms with Crippen LogP contribution in [0, 0.1) is 5.82 Å². The third-order valence-electron chi connectivity index (χ3n) is 2.19. The highest BCUT2D eigenvalue weighted by Crippen LogP contribution is 2.30. The van der Waals surface area contributed by atoms with Crippen LogP contribution < -0.4 is 5.32 Å². The second-order valence-corrected chi connectivity index (χ2v) is 3.75. The van der Waals surface area contributed by atoms with Crippen LogP contribution in [0.5, 0.6) is 0 Å². The minimum atomic E-state index is -4.65. The van der Waals surface area contributed by atoms with E-state index in [4.69, 9.17) is 5.11 Å². The van der Waals surface area contributed by atoms with Crippen molar-refractivity contribution < 1.29 is 27.5 Å². The normalized spacial score (nSPS) is 13.2. The molecule has 1 atom stereocenters. The van der Waals surface area contributed by atoms with Crippen LogP contribution in [0.2, 0.25) is 0 Å². The second-order valence-electron chi connectivity index (χ2n) is 3.75. The van der Waals surface area contributed by atoms with Gasteiger partial charge in [-0.3, -0.25) is 4.79 Å². The Morgan fingerprint density at radius 2 is 2.06 bits per heavy atom. The highest BCUT2D eigenvalue weighted by Gasteiger charge is 2.32. The highest BCUT2D eigenvalue weighted by molar-refractivity contribution is 5.94. The number of carbonyl (C=O) groups is 1. The van der Waals surface area contributed by atoms with E-state index in [2.05, 4.69) is 5.32 Å². The van der Waals surface area contributed by atoms with E-state index in [0.717, 1.165) is 0 Å². The van der Waals surface area contributed by atoms with Gasteiger partial charge in [-0.15, -0.1) is 0 Å². The Morgan fingerprint density at radius 1 is 1.44 bits per heavy atom. The highest BCUT2D eigenvalue weighted by atomic mass is 19.4. The topological polar surface area (TPSA) is 49.3 Å². The first-order chi connectivity index (χ1) is 8.25. The molecule has 0 bridgehead atoms. The third kappa shape index (κ3) is 3.43. The van der Waals surface area contributed by atoms with Crippen molar-refractivity contribution >= 4 is 5.91 Å². The van der Waals surface area contributed by atoms with E-state index in [1.165, 1.54) is 6.92 Å². The molecule has 0 aromatic heterocycles. The molecule has 0 radical (unpaired) electrons. The average Bonchev–Trinajstić information content (AvgIpc) is 2.27. The van der Waals surface area contributed by atoms with Gasteiger partial charge in [0.25, 0.3) is 5.91 Å². The molecule has 1 aromatic rings. The predicted molar refractivity (Wildman–Crippen MR) is 55.4 cm³/mol. The SMILES string of the molecule is C[C@@H](CO)NC(=O)c1cc(C(F)(F)F)ccc1F. The summed E-state index contributed by atoms with van der Waals surface area (Å²) >= 11 is 0. The molecular weight excluding hydrogens is 254 g/mol. The number of aliphatic hydroxyl groups is 1. The summed E-state index contributed by atoms with van der Waals surface area (Å²) in [5.74, 6) is -2.05.